The van der Waals surface area contributed by atoms with Gasteiger partial charge in [-0.15, -0.1) is 0 Å². The van der Waals surface area contributed by atoms with Crippen molar-refractivity contribution in [1.29, 1.82) is 0 Å². The number of nitrogens with zero attached hydrogens (tertiary/aromatic N) is 2. The van der Waals surface area contributed by atoms with E-state index in [4.69, 9.17) is 14.7 Å². The number of aromatic carboxylic acids is 1. The Labute approximate surface area is 105 Å². The fraction of sp³-hybridized carbons (Fsp3) is 0.667. The normalized spacial score (nSPS) is 16.6. The van der Waals surface area contributed by atoms with Crippen LogP contribution in [0.1, 0.15) is 41.8 Å². The maximum atomic E-state index is 11.0. The van der Waals surface area contributed by atoms with Gasteiger partial charge >= 0.3 is 5.97 Å². The van der Waals surface area contributed by atoms with Crippen molar-refractivity contribution >= 4 is 5.97 Å². The van der Waals surface area contributed by atoms with Gasteiger partial charge in [0.1, 0.15) is 5.56 Å². The molecule has 1 aliphatic rings. The maximum Gasteiger partial charge on any atom is 0.341 e. The fourth-order valence-electron chi connectivity index (χ4n) is 2.53. The van der Waals surface area contributed by atoms with Crippen molar-refractivity contribution in [3.63, 3.8) is 0 Å². The molecule has 0 saturated heterocycles. The smallest absolute Gasteiger partial charge is 0.341 e. The van der Waals surface area contributed by atoms with E-state index in [1.807, 2.05) is 0 Å². The molecule has 0 unspecified atom stereocenters. The predicted octanol–water partition coefficient (Wildman–Crippen LogP) is 1.11. The summed E-state index contributed by atoms with van der Waals surface area (Å²) in [6.45, 7) is 0.990. The molecular weight excluding hydrogens is 236 g/mol. The molecule has 2 rings (SSSR count). The molecule has 1 heterocycles. The zero-order valence-corrected chi connectivity index (χ0v) is 10.2. The van der Waals surface area contributed by atoms with Crippen LogP contribution < -0.4 is 0 Å². The summed E-state index contributed by atoms with van der Waals surface area (Å²) < 4.78 is 5.01. The maximum absolute atomic E-state index is 11.0. The molecular formula is C12H18N2O4. The minimum absolute atomic E-state index is 0.0625. The van der Waals surface area contributed by atoms with E-state index in [1.54, 1.807) is 0 Å². The van der Waals surface area contributed by atoms with Crippen LogP contribution in [-0.4, -0.2) is 45.4 Å². The van der Waals surface area contributed by atoms with Crippen LogP contribution in [0, 0.1) is 0 Å². The van der Waals surface area contributed by atoms with E-state index in [-0.39, 0.29) is 12.2 Å². The molecule has 6 nitrogen and oxygen atoms in total. The van der Waals surface area contributed by atoms with Gasteiger partial charge in [-0.2, -0.15) is 0 Å². The lowest BCUT2D eigenvalue weighted by Gasteiger charge is -2.26. The summed E-state index contributed by atoms with van der Waals surface area (Å²) >= 11 is 0. The Morgan fingerprint density at radius 1 is 1.50 bits per heavy atom. The molecule has 0 bridgehead atoms. The first-order valence-electron chi connectivity index (χ1n) is 6.24. The van der Waals surface area contributed by atoms with Gasteiger partial charge in [0.15, 0.2) is 5.76 Å². The van der Waals surface area contributed by atoms with Crippen molar-refractivity contribution in [2.75, 3.05) is 13.2 Å². The van der Waals surface area contributed by atoms with E-state index < -0.39 is 5.97 Å². The second kappa shape index (κ2) is 5.97. The summed E-state index contributed by atoms with van der Waals surface area (Å²) in [7, 11) is 0. The van der Waals surface area contributed by atoms with Gasteiger partial charge < -0.3 is 14.7 Å². The van der Waals surface area contributed by atoms with Crippen molar-refractivity contribution in [2.24, 2.45) is 0 Å². The van der Waals surface area contributed by atoms with Crippen LogP contribution in [0.3, 0.4) is 0 Å². The lowest BCUT2D eigenvalue weighted by Crippen LogP contribution is -2.35. The monoisotopic (exact) mass is 254 g/mol. The van der Waals surface area contributed by atoms with Crippen LogP contribution in [0.2, 0.25) is 0 Å². The van der Waals surface area contributed by atoms with Crippen LogP contribution in [-0.2, 0) is 6.54 Å². The first-order valence-corrected chi connectivity index (χ1v) is 6.24. The van der Waals surface area contributed by atoms with Gasteiger partial charge in [-0.1, -0.05) is 18.0 Å². The van der Waals surface area contributed by atoms with Gasteiger partial charge in [0.2, 0.25) is 0 Å². The van der Waals surface area contributed by atoms with Crippen molar-refractivity contribution < 1.29 is 19.5 Å². The Balaban J connectivity index is 2.07. The molecule has 2 N–H and O–H groups in total. The highest BCUT2D eigenvalue weighted by Crippen LogP contribution is 2.25. The average Bonchev–Trinajstić information content (AvgIpc) is 2.99. The van der Waals surface area contributed by atoms with Crippen molar-refractivity contribution in [3.8, 4) is 0 Å². The van der Waals surface area contributed by atoms with Gasteiger partial charge in [-0.05, 0) is 12.8 Å². The molecule has 6 heteroatoms. The standard InChI is InChI=1S/C12H18N2O4/c15-6-5-14(9-3-1-2-4-9)8-11-10(12(16)17)7-13-18-11/h7,9,15H,1-6,8H2,(H,16,17). The molecule has 18 heavy (non-hydrogen) atoms. The molecule has 0 spiro atoms. The number of rotatable bonds is 6. The first-order chi connectivity index (χ1) is 8.72. The summed E-state index contributed by atoms with van der Waals surface area (Å²) in [5.74, 6) is -0.663. The average molecular weight is 254 g/mol. The number of aliphatic hydroxyl groups is 1. The van der Waals surface area contributed by atoms with E-state index in [2.05, 4.69) is 10.1 Å². The van der Waals surface area contributed by atoms with Crippen LogP contribution >= 0.6 is 0 Å². The molecule has 0 aliphatic heterocycles. The zero-order chi connectivity index (χ0) is 13.0. The molecule has 1 saturated carbocycles. The number of aliphatic hydroxyl groups excluding tert-OH is 1. The fourth-order valence-corrected chi connectivity index (χ4v) is 2.53. The Morgan fingerprint density at radius 2 is 2.22 bits per heavy atom. The highest BCUT2D eigenvalue weighted by molar-refractivity contribution is 5.88. The predicted molar refractivity (Wildman–Crippen MR) is 63.2 cm³/mol. The second-order valence-electron chi connectivity index (χ2n) is 4.60. The van der Waals surface area contributed by atoms with Crippen LogP contribution in [0.4, 0.5) is 0 Å². The first kappa shape index (κ1) is 13.0. The molecule has 1 aromatic heterocycles. The van der Waals surface area contributed by atoms with E-state index in [1.165, 1.54) is 19.0 Å². The quantitative estimate of drug-likeness (QED) is 0.790. The van der Waals surface area contributed by atoms with Gasteiger partial charge in [0.25, 0.3) is 0 Å². The Morgan fingerprint density at radius 3 is 2.83 bits per heavy atom. The summed E-state index contributed by atoms with van der Waals surface area (Å²) in [4.78, 5) is 13.1. The molecule has 0 radical (unpaired) electrons. The summed E-state index contributed by atoms with van der Waals surface area (Å²) in [5.41, 5.74) is 0.107. The SMILES string of the molecule is O=C(O)c1cnoc1CN(CCO)C1CCCC1. The highest BCUT2D eigenvalue weighted by Gasteiger charge is 2.25. The largest absolute Gasteiger partial charge is 0.478 e. The Hall–Kier alpha value is -1.40. The molecule has 0 atom stereocenters. The molecule has 1 aliphatic carbocycles. The van der Waals surface area contributed by atoms with Gasteiger partial charge in [0, 0.05) is 12.6 Å². The molecule has 100 valence electrons. The van der Waals surface area contributed by atoms with Crippen LogP contribution in [0.25, 0.3) is 0 Å². The third-order valence-electron chi connectivity index (χ3n) is 3.45. The highest BCUT2D eigenvalue weighted by atomic mass is 16.5. The lowest BCUT2D eigenvalue weighted by atomic mass is 10.2. The number of carboxylic acids is 1. The summed E-state index contributed by atoms with van der Waals surface area (Å²) in [6.07, 6.45) is 5.79. The topological polar surface area (TPSA) is 86.8 Å². The Bertz CT molecular complexity index is 399. The third-order valence-corrected chi connectivity index (χ3v) is 3.45. The summed E-state index contributed by atoms with van der Waals surface area (Å²) in [5, 5.41) is 21.6. The van der Waals surface area contributed by atoms with Gasteiger partial charge in [0.05, 0.1) is 19.3 Å². The molecule has 1 aromatic rings. The lowest BCUT2D eigenvalue weighted by molar-refractivity contribution is 0.0690. The Kier molecular flexibility index (Phi) is 4.33. The third kappa shape index (κ3) is 2.88. The van der Waals surface area contributed by atoms with E-state index in [9.17, 15) is 4.79 Å². The van der Waals surface area contributed by atoms with Crippen molar-refractivity contribution in [1.82, 2.24) is 10.1 Å². The number of aromatic nitrogens is 1. The van der Waals surface area contributed by atoms with E-state index >= 15 is 0 Å². The second-order valence-corrected chi connectivity index (χ2v) is 4.60. The van der Waals surface area contributed by atoms with E-state index in [0.29, 0.717) is 24.9 Å². The van der Waals surface area contributed by atoms with Crippen molar-refractivity contribution in [3.05, 3.63) is 17.5 Å². The molecule has 1 fully saturated rings. The van der Waals surface area contributed by atoms with Gasteiger partial charge in [-0.3, -0.25) is 4.90 Å². The van der Waals surface area contributed by atoms with Crippen LogP contribution in [0.5, 0.6) is 0 Å². The van der Waals surface area contributed by atoms with Gasteiger partial charge in [-0.25, -0.2) is 4.79 Å². The molecule has 0 aromatic carbocycles. The van der Waals surface area contributed by atoms with E-state index in [0.717, 1.165) is 12.8 Å². The zero-order valence-electron chi connectivity index (χ0n) is 10.2. The summed E-state index contributed by atoms with van der Waals surface area (Å²) in [6, 6.07) is 0.406. The minimum atomic E-state index is -1.03. The van der Waals surface area contributed by atoms with Crippen LogP contribution in [0.15, 0.2) is 10.7 Å². The molecule has 0 amide bonds. The van der Waals surface area contributed by atoms with Crippen molar-refractivity contribution in [2.45, 2.75) is 38.3 Å². The number of carbonyl (C=O) groups is 1. The number of carboxylic acid groups (broad SMARTS) is 1. The number of hydrogen-bond donors (Lipinski definition) is 2. The minimum Gasteiger partial charge on any atom is -0.478 e. The number of hydrogen-bond acceptors (Lipinski definition) is 5.